The van der Waals surface area contributed by atoms with Crippen LogP contribution >= 0.6 is 23.2 Å². The molecule has 0 amide bonds. The predicted molar refractivity (Wildman–Crippen MR) is 79.6 cm³/mol. The van der Waals surface area contributed by atoms with E-state index in [9.17, 15) is 4.39 Å². The van der Waals surface area contributed by atoms with Crippen LogP contribution in [0.5, 0.6) is 0 Å². The average Bonchev–Trinajstić information content (AvgIpc) is 2.92. The van der Waals surface area contributed by atoms with Crippen LogP contribution in [0.25, 0.3) is 22.8 Å². The minimum absolute atomic E-state index is 0.163. The number of aromatic nitrogens is 2. The molecular formula is C14H8Cl2FN3O. The van der Waals surface area contributed by atoms with Gasteiger partial charge in [-0.05, 0) is 24.3 Å². The minimum Gasteiger partial charge on any atom is -0.397 e. The monoisotopic (exact) mass is 323 g/mol. The van der Waals surface area contributed by atoms with E-state index in [-0.39, 0.29) is 23.2 Å². The molecule has 0 aliphatic rings. The first kappa shape index (κ1) is 13.9. The first-order valence-corrected chi connectivity index (χ1v) is 6.65. The van der Waals surface area contributed by atoms with Crippen molar-refractivity contribution in [2.75, 3.05) is 5.73 Å². The third-order valence-electron chi connectivity index (χ3n) is 2.83. The molecule has 7 heteroatoms. The van der Waals surface area contributed by atoms with Gasteiger partial charge in [-0.2, -0.15) is 4.98 Å². The largest absolute Gasteiger partial charge is 0.397 e. The summed E-state index contributed by atoms with van der Waals surface area (Å²) >= 11 is 11.9. The number of hydrogen-bond donors (Lipinski definition) is 1. The second-order valence-electron chi connectivity index (χ2n) is 4.28. The highest BCUT2D eigenvalue weighted by Gasteiger charge is 2.16. The molecule has 0 aliphatic heterocycles. The van der Waals surface area contributed by atoms with E-state index < -0.39 is 0 Å². The van der Waals surface area contributed by atoms with Crippen molar-refractivity contribution in [1.29, 1.82) is 0 Å². The fraction of sp³-hybridized carbons (Fsp3) is 0. The molecule has 21 heavy (non-hydrogen) atoms. The van der Waals surface area contributed by atoms with Crippen molar-refractivity contribution in [3.8, 4) is 22.8 Å². The minimum atomic E-state index is -0.385. The van der Waals surface area contributed by atoms with Gasteiger partial charge in [-0.3, -0.25) is 0 Å². The Morgan fingerprint density at radius 2 is 1.95 bits per heavy atom. The van der Waals surface area contributed by atoms with Gasteiger partial charge in [-0.25, -0.2) is 4.39 Å². The van der Waals surface area contributed by atoms with Crippen LogP contribution in [0.2, 0.25) is 10.0 Å². The lowest BCUT2D eigenvalue weighted by Crippen LogP contribution is -1.92. The molecule has 3 rings (SSSR count). The maximum absolute atomic E-state index is 13.2. The van der Waals surface area contributed by atoms with Gasteiger partial charge in [0, 0.05) is 10.6 Å². The van der Waals surface area contributed by atoms with Crippen molar-refractivity contribution < 1.29 is 8.91 Å². The van der Waals surface area contributed by atoms with Gasteiger partial charge in [0.1, 0.15) is 5.82 Å². The molecule has 2 N–H and O–H groups in total. The summed E-state index contributed by atoms with van der Waals surface area (Å²) in [6.45, 7) is 0. The first-order chi connectivity index (χ1) is 10.0. The van der Waals surface area contributed by atoms with Gasteiger partial charge >= 0.3 is 0 Å². The number of rotatable bonds is 2. The molecule has 4 nitrogen and oxygen atoms in total. The summed E-state index contributed by atoms with van der Waals surface area (Å²) in [6, 6.07) is 8.97. The molecule has 0 unspecified atom stereocenters. The van der Waals surface area contributed by atoms with Gasteiger partial charge < -0.3 is 10.3 Å². The van der Waals surface area contributed by atoms with Crippen molar-refractivity contribution in [2.24, 2.45) is 0 Å². The molecule has 0 saturated carbocycles. The van der Waals surface area contributed by atoms with Crippen LogP contribution < -0.4 is 5.73 Å². The van der Waals surface area contributed by atoms with Gasteiger partial charge in [0.2, 0.25) is 5.82 Å². The summed E-state index contributed by atoms with van der Waals surface area (Å²) in [5.41, 5.74) is 7.09. The Kier molecular flexibility index (Phi) is 3.53. The number of anilines is 1. The maximum atomic E-state index is 13.2. The van der Waals surface area contributed by atoms with Gasteiger partial charge in [-0.1, -0.05) is 40.5 Å². The molecule has 0 aliphatic carbocycles. The van der Waals surface area contributed by atoms with E-state index >= 15 is 0 Å². The number of nitrogens with zero attached hydrogens (tertiary/aromatic N) is 2. The first-order valence-electron chi connectivity index (χ1n) is 5.89. The third kappa shape index (κ3) is 2.70. The molecule has 1 aromatic heterocycles. The molecule has 0 fully saturated rings. The van der Waals surface area contributed by atoms with E-state index in [1.807, 2.05) is 0 Å². The van der Waals surface area contributed by atoms with Crippen LogP contribution in [0.1, 0.15) is 0 Å². The second-order valence-corrected chi connectivity index (χ2v) is 5.13. The van der Waals surface area contributed by atoms with E-state index in [0.29, 0.717) is 21.2 Å². The fourth-order valence-corrected chi connectivity index (χ4v) is 2.33. The summed E-state index contributed by atoms with van der Waals surface area (Å²) < 4.78 is 18.4. The third-order valence-corrected chi connectivity index (χ3v) is 3.36. The van der Waals surface area contributed by atoms with Crippen molar-refractivity contribution in [3.05, 3.63) is 52.3 Å². The van der Waals surface area contributed by atoms with Gasteiger partial charge in [0.15, 0.2) is 0 Å². The van der Waals surface area contributed by atoms with Crippen LogP contribution in [0.3, 0.4) is 0 Å². The Morgan fingerprint density at radius 3 is 2.71 bits per heavy atom. The number of nitrogens with two attached hydrogens (primary N) is 1. The predicted octanol–water partition coefficient (Wildman–Crippen LogP) is 4.43. The molecule has 0 spiro atoms. The molecule has 0 atom stereocenters. The molecule has 2 aromatic carbocycles. The van der Waals surface area contributed by atoms with E-state index in [1.54, 1.807) is 18.2 Å². The van der Waals surface area contributed by atoms with Crippen molar-refractivity contribution in [2.45, 2.75) is 0 Å². The fourth-order valence-electron chi connectivity index (χ4n) is 1.84. The average molecular weight is 324 g/mol. The molecule has 0 saturated heterocycles. The smallest absolute Gasteiger partial charge is 0.260 e. The highest BCUT2D eigenvalue weighted by molar-refractivity contribution is 6.37. The van der Waals surface area contributed by atoms with E-state index in [1.165, 1.54) is 18.2 Å². The quantitative estimate of drug-likeness (QED) is 0.708. The van der Waals surface area contributed by atoms with E-state index in [0.717, 1.165) is 0 Å². The number of hydrogen-bond acceptors (Lipinski definition) is 4. The highest BCUT2D eigenvalue weighted by Crippen LogP contribution is 2.34. The van der Waals surface area contributed by atoms with Gasteiger partial charge in [-0.15, -0.1) is 0 Å². The second kappa shape index (κ2) is 5.35. The summed E-state index contributed by atoms with van der Waals surface area (Å²) in [5, 5.41) is 4.50. The van der Waals surface area contributed by atoms with Crippen LogP contribution in [0.4, 0.5) is 10.1 Å². The van der Waals surface area contributed by atoms with Crippen LogP contribution in [0, 0.1) is 5.82 Å². The maximum Gasteiger partial charge on any atom is 0.260 e. The number of nitrogen functional groups attached to an aromatic ring is 1. The summed E-state index contributed by atoms with van der Waals surface area (Å²) in [6.07, 6.45) is 0. The van der Waals surface area contributed by atoms with Crippen molar-refractivity contribution in [3.63, 3.8) is 0 Å². The Labute approximate surface area is 129 Å². The number of halogens is 3. The summed E-state index contributed by atoms with van der Waals surface area (Å²) in [4.78, 5) is 4.19. The lowest BCUT2D eigenvalue weighted by Gasteiger charge is -2.03. The van der Waals surface area contributed by atoms with Gasteiger partial charge in [0.05, 0.1) is 16.3 Å². The van der Waals surface area contributed by atoms with Crippen LogP contribution in [-0.4, -0.2) is 10.1 Å². The zero-order chi connectivity index (χ0) is 15.0. The Balaban J connectivity index is 2.07. The van der Waals surface area contributed by atoms with Crippen LogP contribution in [0.15, 0.2) is 40.9 Å². The van der Waals surface area contributed by atoms with Crippen molar-refractivity contribution >= 4 is 28.9 Å². The zero-order valence-corrected chi connectivity index (χ0v) is 12.0. The SMILES string of the molecule is Nc1c(Cl)cc(Cl)cc1-c1nc(-c2cccc(F)c2)no1. The summed E-state index contributed by atoms with van der Waals surface area (Å²) in [5.74, 6) is 0.0281. The lowest BCUT2D eigenvalue weighted by atomic mass is 10.1. The summed E-state index contributed by atoms with van der Waals surface area (Å²) in [7, 11) is 0. The topological polar surface area (TPSA) is 64.9 Å². The molecule has 1 heterocycles. The van der Waals surface area contributed by atoms with E-state index in [4.69, 9.17) is 33.5 Å². The molecule has 3 aromatic rings. The molecular weight excluding hydrogens is 316 g/mol. The van der Waals surface area contributed by atoms with Crippen molar-refractivity contribution in [1.82, 2.24) is 10.1 Å². The highest BCUT2D eigenvalue weighted by atomic mass is 35.5. The Hall–Kier alpha value is -2.11. The van der Waals surface area contributed by atoms with Crippen LogP contribution in [-0.2, 0) is 0 Å². The lowest BCUT2D eigenvalue weighted by molar-refractivity contribution is 0.432. The Morgan fingerprint density at radius 1 is 1.14 bits per heavy atom. The Bertz CT molecular complexity index is 820. The molecule has 0 radical (unpaired) electrons. The van der Waals surface area contributed by atoms with E-state index in [2.05, 4.69) is 10.1 Å². The molecule has 0 bridgehead atoms. The zero-order valence-electron chi connectivity index (χ0n) is 10.5. The van der Waals surface area contributed by atoms with Gasteiger partial charge in [0.25, 0.3) is 5.89 Å². The normalized spacial score (nSPS) is 10.8. The standard InChI is InChI=1S/C14H8Cl2FN3O/c15-8-5-10(12(18)11(16)6-8)14-19-13(20-21-14)7-2-1-3-9(17)4-7/h1-6H,18H2. The number of benzene rings is 2. The molecule has 106 valence electrons.